The van der Waals surface area contributed by atoms with Crippen molar-refractivity contribution in [2.75, 3.05) is 0 Å². The van der Waals surface area contributed by atoms with Crippen molar-refractivity contribution in [1.82, 2.24) is 10.6 Å². The van der Waals surface area contributed by atoms with E-state index in [1.165, 1.54) is 0 Å². The fourth-order valence-corrected chi connectivity index (χ4v) is 1.61. The predicted octanol–water partition coefficient (Wildman–Crippen LogP) is 3.23. The van der Waals surface area contributed by atoms with Crippen LogP contribution < -0.4 is 10.6 Å². The average Bonchev–Trinajstić information content (AvgIpc) is 2.73. The van der Waals surface area contributed by atoms with E-state index in [0.29, 0.717) is 12.3 Å². The summed E-state index contributed by atoms with van der Waals surface area (Å²) in [4.78, 5) is 11.9. The smallest absolute Gasteiger partial charge is 0.226 e. The highest BCUT2D eigenvalue weighted by Gasteiger charge is 2.36. The number of rotatable bonds is 4. The van der Waals surface area contributed by atoms with Gasteiger partial charge in [0.05, 0.1) is 12.8 Å². The van der Waals surface area contributed by atoms with Gasteiger partial charge < -0.3 is 9.73 Å². The van der Waals surface area contributed by atoms with Gasteiger partial charge in [0.25, 0.3) is 0 Å². The standard InChI is InChI=1S/C12H17Cl3N2O2/c1-11(2,3)10(18)17-9(12(13,14)15)16-7-8-5-4-6-19-8/h4-6,9,16H,7H2,1-3H3,(H,17,18)/t9-/m1/s1. The molecular formula is C12H17Cl3N2O2. The molecule has 0 saturated carbocycles. The van der Waals surface area contributed by atoms with Crippen molar-refractivity contribution < 1.29 is 9.21 Å². The Morgan fingerprint density at radius 2 is 2.00 bits per heavy atom. The van der Waals surface area contributed by atoms with Crippen molar-refractivity contribution in [2.45, 2.75) is 37.3 Å². The SMILES string of the molecule is CC(C)(C)C(=O)N[C@@H](NCc1ccco1)C(Cl)(Cl)Cl. The number of hydrogen-bond donors (Lipinski definition) is 2. The minimum absolute atomic E-state index is 0.212. The molecule has 1 atom stereocenters. The second kappa shape index (κ2) is 6.35. The van der Waals surface area contributed by atoms with E-state index in [0.717, 1.165) is 0 Å². The zero-order valence-electron chi connectivity index (χ0n) is 11.0. The first-order valence-electron chi connectivity index (χ1n) is 5.74. The summed E-state index contributed by atoms with van der Waals surface area (Å²) in [6, 6.07) is 3.54. The van der Waals surface area contributed by atoms with E-state index in [2.05, 4.69) is 10.6 Å². The van der Waals surface area contributed by atoms with Crippen molar-refractivity contribution in [3.05, 3.63) is 24.2 Å². The first-order chi connectivity index (χ1) is 8.60. The predicted molar refractivity (Wildman–Crippen MR) is 77.2 cm³/mol. The fraction of sp³-hybridized carbons (Fsp3) is 0.583. The van der Waals surface area contributed by atoms with Gasteiger partial charge in [0.2, 0.25) is 9.70 Å². The summed E-state index contributed by atoms with van der Waals surface area (Å²) in [5, 5.41) is 5.62. The van der Waals surface area contributed by atoms with E-state index in [1.54, 1.807) is 39.2 Å². The maximum atomic E-state index is 11.9. The molecule has 0 unspecified atom stereocenters. The fourth-order valence-electron chi connectivity index (χ4n) is 1.21. The number of carbonyl (C=O) groups excluding carboxylic acids is 1. The van der Waals surface area contributed by atoms with E-state index < -0.39 is 15.4 Å². The van der Waals surface area contributed by atoms with Gasteiger partial charge in [0.1, 0.15) is 11.9 Å². The molecule has 0 aromatic carbocycles. The Balaban J connectivity index is 2.65. The first kappa shape index (κ1) is 16.6. The molecule has 0 fully saturated rings. The molecule has 1 aromatic heterocycles. The van der Waals surface area contributed by atoms with Gasteiger partial charge in [-0.2, -0.15) is 0 Å². The van der Waals surface area contributed by atoms with Crippen LogP contribution in [0, 0.1) is 5.41 Å². The van der Waals surface area contributed by atoms with Crippen LogP contribution in [0.2, 0.25) is 0 Å². The molecule has 7 heteroatoms. The normalized spacial score (nSPS) is 14.2. The molecule has 4 nitrogen and oxygen atoms in total. The van der Waals surface area contributed by atoms with Crippen LogP contribution in [0.15, 0.2) is 22.8 Å². The molecule has 2 N–H and O–H groups in total. The van der Waals surface area contributed by atoms with E-state index in [1.807, 2.05) is 0 Å². The zero-order valence-corrected chi connectivity index (χ0v) is 13.2. The van der Waals surface area contributed by atoms with Crippen LogP contribution in [0.5, 0.6) is 0 Å². The topological polar surface area (TPSA) is 54.3 Å². The van der Waals surface area contributed by atoms with Gasteiger partial charge in [-0.25, -0.2) is 0 Å². The van der Waals surface area contributed by atoms with Crippen molar-refractivity contribution >= 4 is 40.7 Å². The van der Waals surface area contributed by atoms with Gasteiger partial charge in [0.15, 0.2) is 0 Å². The highest BCUT2D eigenvalue weighted by molar-refractivity contribution is 6.68. The molecule has 0 radical (unpaired) electrons. The lowest BCUT2D eigenvalue weighted by atomic mass is 9.95. The lowest BCUT2D eigenvalue weighted by Crippen LogP contribution is -2.55. The summed E-state index contributed by atoms with van der Waals surface area (Å²) in [5.74, 6) is 0.472. The van der Waals surface area contributed by atoms with Crippen LogP contribution >= 0.6 is 34.8 Å². The molecule has 0 spiro atoms. The Hall–Kier alpha value is -0.420. The zero-order chi connectivity index (χ0) is 14.7. The van der Waals surface area contributed by atoms with Gasteiger partial charge in [-0.15, -0.1) is 0 Å². The Bertz CT molecular complexity index is 408. The molecule has 0 bridgehead atoms. The monoisotopic (exact) mass is 326 g/mol. The van der Waals surface area contributed by atoms with Crippen LogP contribution in [0.3, 0.4) is 0 Å². The van der Waals surface area contributed by atoms with E-state index in [-0.39, 0.29) is 5.91 Å². The van der Waals surface area contributed by atoms with Crippen LogP contribution in [0.4, 0.5) is 0 Å². The Labute approximate surface area is 127 Å². The maximum Gasteiger partial charge on any atom is 0.226 e. The molecule has 1 amide bonds. The molecule has 1 rings (SSSR count). The largest absolute Gasteiger partial charge is 0.468 e. The van der Waals surface area contributed by atoms with E-state index in [4.69, 9.17) is 39.2 Å². The first-order valence-corrected chi connectivity index (χ1v) is 6.87. The third-order valence-electron chi connectivity index (χ3n) is 2.34. The highest BCUT2D eigenvalue weighted by atomic mass is 35.6. The number of halogens is 3. The molecule has 19 heavy (non-hydrogen) atoms. The van der Waals surface area contributed by atoms with Gasteiger partial charge >= 0.3 is 0 Å². The number of alkyl halides is 3. The van der Waals surface area contributed by atoms with Crippen molar-refractivity contribution in [1.29, 1.82) is 0 Å². The van der Waals surface area contributed by atoms with E-state index in [9.17, 15) is 4.79 Å². The third kappa shape index (κ3) is 5.61. The van der Waals surface area contributed by atoms with Gasteiger partial charge in [-0.1, -0.05) is 55.6 Å². The second-order valence-corrected chi connectivity index (χ2v) is 7.53. The minimum atomic E-state index is -1.66. The summed E-state index contributed by atoms with van der Waals surface area (Å²) in [6.07, 6.45) is 0.740. The second-order valence-electron chi connectivity index (χ2n) is 5.16. The molecular weight excluding hydrogens is 311 g/mol. The minimum Gasteiger partial charge on any atom is -0.468 e. The Kier molecular flexibility index (Phi) is 5.56. The molecule has 0 aliphatic heterocycles. The average molecular weight is 328 g/mol. The summed E-state index contributed by atoms with van der Waals surface area (Å²) in [5.41, 5.74) is -0.569. The highest BCUT2D eigenvalue weighted by Crippen LogP contribution is 2.30. The molecule has 1 heterocycles. The van der Waals surface area contributed by atoms with Crippen LogP contribution in [-0.4, -0.2) is 15.9 Å². The van der Waals surface area contributed by atoms with Crippen LogP contribution in [-0.2, 0) is 11.3 Å². The number of nitrogens with one attached hydrogen (secondary N) is 2. The van der Waals surface area contributed by atoms with Gasteiger partial charge in [-0.05, 0) is 12.1 Å². The maximum absolute atomic E-state index is 11.9. The number of hydrogen-bond acceptors (Lipinski definition) is 3. The van der Waals surface area contributed by atoms with E-state index >= 15 is 0 Å². The quantitative estimate of drug-likeness (QED) is 0.659. The molecule has 0 aliphatic carbocycles. The number of furan rings is 1. The summed E-state index contributed by atoms with van der Waals surface area (Å²) in [6.45, 7) is 5.69. The molecule has 0 saturated heterocycles. The van der Waals surface area contributed by atoms with Crippen molar-refractivity contribution in [3.8, 4) is 0 Å². The Morgan fingerprint density at radius 3 is 2.42 bits per heavy atom. The third-order valence-corrected chi connectivity index (χ3v) is 3.00. The van der Waals surface area contributed by atoms with Gasteiger partial charge in [0, 0.05) is 5.41 Å². The van der Waals surface area contributed by atoms with Crippen LogP contribution in [0.1, 0.15) is 26.5 Å². The number of amides is 1. The summed E-state index contributed by atoms with van der Waals surface area (Å²) >= 11 is 17.6. The molecule has 108 valence electrons. The Morgan fingerprint density at radius 1 is 1.37 bits per heavy atom. The number of carbonyl (C=O) groups is 1. The van der Waals surface area contributed by atoms with Crippen LogP contribution in [0.25, 0.3) is 0 Å². The summed E-state index contributed by atoms with van der Waals surface area (Å²) in [7, 11) is 0. The lowest BCUT2D eigenvalue weighted by molar-refractivity contribution is -0.129. The van der Waals surface area contributed by atoms with Gasteiger partial charge in [-0.3, -0.25) is 10.1 Å². The molecule has 1 aromatic rings. The lowest BCUT2D eigenvalue weighted by Gasteiger charge is -2.29. The van der Waals surface area contributed by atoms with Crippen molar-refractivity contribution in [2.24, 2.45) is 5.41 Å². The summed E-state index contributed by atoms with van der Waals surface area (Å²) < 4.78 is 3.51. The molecule has 0 aliphatic rings. The van der Waals surface area contributed by atoms with Crippen molar-refractivity contribution in [3.63, 3.8) is 0 Å².